The molecule has 0 unspecified atom stereocenters. The zero-order chi connectivity index (χ0) is 14.2. The van der Waals surface area contributed by atoms with Crippen LogP contribution in [-0.4, -0.2) is 12.1 Å². The number of carbonyl (C=O) groups excluding carboxylic acids is 1. The van der Waals surface area contributed by atoms with Crippen LogP contribution in [0.25, 0.3) is 0 Å². The van der Waals surface area contributed by atoms with E-state index in [1.165, 1.54) is 5.56 Å². The summed E-state index contributed by atoms with van der Waals surface area (Å²) in [5.41, 5.74) is 5.88. The van der Waals surface area contributed by atoms with Crippen molar-refractivity contribution in [2.45, 2.75) is 19.8 Å². The monoisotopic (exact) mass is 266 g/mol. The van der Waals surface area contributed by atoms with Gasteiger partial charge in [0, 0.05) is 6.42 Å². The van der Waals surface area contributed by atoms with Crippen LogP contribution in [0.15, 0.2) is 59.7 Å². The zero-order valence-electron chi connectivity index (χ0n) is 11.5. The predicted octanol–water partition coefficient (Wildman–Crippen LogP) is 3.08. The second-order valence-electron chi connectivity index (χ2n) is 4.69. The van der Waals surface area contributed by atoms with Gasteiger partial charge in [0.1, 0.15) is 0 Å². The van der Waals surface area contributed by atoms with Gasteiger partial charge in [0.2, 0.25) is 5.91 Å². The van der Waals surface area contributed by atoms with Crippen LogP contribution in [0.1, 0.15) is 23.1 Å². The Morgan fingerprint density at radius 2 is 1.80 bits per heavy atom. The van der Waals surface area contributed by atoms with Crippen LogP contribution >= 0.6 is 0 Å². The summed E-state index contributed by atoms with van der Waals surface area (Å²) in [6.07, 6.45) is 2.82. The fourth-order valence-electron chi connectivity index (χ4n) is 1.79. The normalized spacial score (nSPS) is 10.7. The average molecular weight is 266 g/mol. The second kappa shape index (κ2) is 7.24. The fraction of sp³-hybridized carbons (Fsp3) is 0.176. The lowest BCUT2D eigenvalue weighted by atomic mass is 10.1. The topological polar surface area (TPSA) is 41.5 Å². The van der Waals surface area contributed by atoms with E-state index in [1.54, 1.807) is 6.21 Å². The van der Waals surface area contributed by atoms with Crippen molar-refractivity contribution in [3.8, 4) is 0 Å². The molecule has 3 heteroatoms. The van der Waals surface area contributed by atoms with Crippen molar-refractivity contribution in [3.05, 3.63) is 71.3 Å². The Morgan fingerprint density at radius 1 is 1.10 bits per heavy atom. The van der Waals surface area contributed by atoms with Gasteiger partial charge in [-0.3, -0.25) is 4.79 Å². The molecule has 2 aromatic carbocycles. The molecule has 1 amide bonds. The van der Waals surface area contributed by atoms with E-state index in [9.17, 15) is 4.79 Å². The number of rotatable bonds is 5. The lowest BCUT2D eigenvalue weighted by molar-refractivity contribution is -0.121. The van der Waals surface area contributed by atoms with Crippen molar-refractivity contribution in [2.24, 2.45) is 5.10 Å². The molecular formula is C17H18N2O. The Balaban J connectivity index is 1.76. The van der Waals surface area contributed by atoms with Gasteiger partial charge in [-0.2, -0.15) is 5.10 Å². The number of hydrazone groups is 1. The van der Waals surface area contributed by atoms with E-state index in [0.717, 1.165) is 17.5 Å². The standard InChI is InChI=1S/C17H18N2O/c1-14-7-9-16(10-8-14)13-18-19-17(20)12-11-15-5-3-2-4-6-15/h2-10,13H,11-12H2,1H3,(H,19,20)/b18-13+. The minimum atomic E-state index is -0.0720. The Morgan fingerprint density at radius 3 is 2.50 bits per heavy atom. The van der Waals surface area contributed by atoms with Crippen LogP contribution in [0.2, 0.25) is 0 Å². The first kappa shape index (κ1) is 14.0. The highest BCUT2D eigenvalue weighted by Gasteiger charge is 2.00. The third kappa shape index (κ3) is 4.69. The smallest absolute Gasteiger partial charge is 0.240 e. The Kier molecular flexibility index (Phi) is 5.07. The van der Waals surface area contributed by atoms with E-state index < -0.39 is 0 Å². The first-order valence-electron chi connectivity index (χ1n) is 6.66. The van der Waals surface area contributed by atoms with Gasteiger partial charge in [0.05, 0.1) is 6.21 Å². The van der Waals surface area contributed by atoms with E-state index in [2.05, 4.69) is 10.5 Å². The van der Waals surface area contributed by atoms with Crippen molar-refractivity contribution >= 4 is 12.1 Å². The molecule has 0 radical (unpaired) electrons. The van der Waals surface area contributed by atoms with E-state index in [1.807, 2.05) is 61.5 Å². The molecule has 0 bridgehead atoms. The summed E-state index contributed by atoms with van der Waals surface area (Å²) in [4.78, 5) is 11.6. The molecule has 0 saturated heterocycles. The molecule has 3 nitrogen and oxygen atoms in total. The van der Waals surface area contributed by atoms with Crippen molar-refractivity contribution in [1.82, 2.24) is 5.43 Å². The van der Waals surface area contributed by atoms with Gasteiger partial charge in [-0.1, -0.05) is 60.2 Å². The Bertz CT molecular complexity index is 574. The van der Waals surface area contributed by atoms with E-state index in [0.29, 0.717) is 6.42 Å². The van der Waals surface area contributed by atoms with Crippen molar-refractivity contribution in [2.75, 3.05) is 0 Å². The number of aryl methyl sites for hydroxylation is 2. The molecule has 102 valence electrons. The van der Waals surface area contributed by atoms with E-state index in [-0.39, 0.29) is 5.91 Å². The SMILES string of the molecule is Cc1ccc(/C=N/NC(=O)CCc2ccccc2)cc1. The van der Waals surface area contributed by atoms with Gasteiger partial charge < -0.3 is 0 Å². The molecule has 0 saturated carbocycles. The molecule has 0 aliphatic carbocycles. The lowest BCUT2D eigenvalue weighted by Crippen LogP contribution is -2.17. The van der Waals surface area contributed by atoms with Gasteiger partial charge in [0.15, 0.2) is 0 Å². The highest BCUT2D eigenvalue weighted by Crippen LogP contribution is 2.02. The minimum absolute atomic E-state index is 0.0720. The number of amides is 1. The number of nitrogens with one attached hydrogen (secondary N) is 1. The first-order valence-corrected chi connectivity index (χ1v) is 6.66. The summed E-state index contributed by atoms with van der Waals surface area (Å²) in [5, 5.41) is 3.96. The van der Waals surface area contributed by atoms with E-state index in [4.69, 9.17) is 0 Å². The summed E-state index contributed by atoms with van der Waals surface area (Å²) in [5.74, 6) is -0.0720. The predicted molar refractivity (Wildman–Crippen MR) is 81.7 cm³/mol. The summed E-state index contributed by atoms with van der Waals surface area (Å²) in [6.45, 7) is 2.03. The summed E-state index contributed by atoms with van der Waals surface area (Å²) in [7, 11) is 0. The molecule has 20 heavy (non-hydrogen) atoms. The van der Waals surface area contributed by atoms with Crippen LogP contribution in [0.5, 0.6) is 0 Å². The molecule has 0 heterocycles. The highest BCUT2D eigenvalue weighted by molar-refractivity contribution is 5.82. The quantitative estimate of drug-likeness (QED) is 0.656. The molecule has 0 aliphatic rings. The summed E-state index contributed by atoms with van der Waals surface area (Å²) < 4.78 is 0. The van der Waals surface area contributed by atoms with Crippen molar-refractivity contribution in [3.63, 3.8) is 0 Å². The number of nitrogens with zero attached hydrogens (tertiary/aromatic N) is 1. The van der Waals surface area contributed by atoms with Gasteiger partial charge in [-0.25, -0.2) is 5.43 Å². The molecule has 1 N–H and O–H groups in total. The lowest BCUT2D eigenvalue weighted by Gasteiger charge is -2.00. The molecular weight excluding hydrogens is 248 g/mol. The zero-order valence-corrected chi connectivity index (χ0v) is 11.5. The maximum absolute atomic E-state index is 11.6. The molecule has 0 aromatic heterocycles. The minimum Gasteiger partial charge on any atom is -0.273 e. The third-order valence-corrected chi connectivity index (χ3v) is 2.96. The van der Waals surface area contributed by atoms with Gasteiger partial charge in [0.25, 0.3) is 0 Å². The maximum Gasteiger partial charge on any atom is 0.240 e. The number of benzene rings is 2. The molecule has 2 aromatic rings. The summed E-state index contributed by atoms with van der Waals surface area (Å²) in [6, 6.07) is 17.9. The van der Waals surface area contributed by atoms with Crippen LogP contribution in [0.3, 0.4) is 0 Å². The number of hydrogen-bond donors (Lipinski definition) is 1. The summed E-state index contributed by atoms with van der Waals surface area (Å²) >= 11 is 0. The average Bonchev–Trinajstić information content (AvgIpc) is 2.48. The van der Waals surface area contributed by atoms with Crippen LogP contribution < -0.4 is 5.43 Å². The van der Waals surface area contributed by atoms with Crippen LogP contribution in [-0.2, 0) is 11.2 Å². The largest absolute Gasteiger partial charge is 0.273 e. The highest BCUT2D eigenvalue weighted by atomic mass is 16.2. The number of carbonyl (C=O) groups is 1. The maximum atomic E-state index is 11.6. The number of hydrogen-bond acceptors (Lipinski definition) is 2. The molecule has 2 rings (SSSR count). The van der Waals surface area contributed by atoms with Gasteiger partial charge in [-0.05, 0) is 24.5 Å². The van der Waals surface area contributed by atoms with E-state index >= 15 is 0 Å². The van der Waals surface area contributed by atoms with Gasteiger partial charge >= 0.3 is 0 Å². The van der Waals surface area contributed by atoms with Crippen molar-refractivity contribution < 1.29 is 4.79 Å². The van der Waals surface area contributed by atoms with Crippen LogP contribution in [0, 0.1) is 6.92 Å². The Labute approximate surface area is 119 Å². The third-order valence-electron chi connectivity index (χ3n) is 2.96. The molecule has 0 spiro atoms. The van der Waals surface area contributed by atoms with Gasteiger partial charge in [-0.15, -0.1) is 0 Å². The fourth-order valence-corrected chi connectivity index (χ4v) is 1.79. The van der Waals surface area contributed by atoms with Crippen molar-refractivity contribution in [1.29, 1.82) is 0 Å². The first-order chi connectivity index (χ1) is 9.74. The molecule has 0 fully saturated rings. The molecule has 0 aliphatic heterocycles. The van der Waals surface area contributed by atoms with Crippen LogP contribution in [0.4, 0.5) is 0 Å². The Hall–Kier alpha value is -2.42. The molecule has 0 atom stereocenters. The second-order valence-corrected chi connectivity index (χ2v) is 4.69.